The zero-order chi connectivity index (χ0) is 15.0. The second-order valence-corrected chi connectivity index (χ2v) is 4.67. The predicted molar refractivity (Wildman–Crippen MR) is 76.5 cm³/mol. The van der Waals surface area contributed by atoms with E-state index in [1.54, 1.807) is 29.8 Å². The molecule has 0 radical (unpaired) electrons. The number of imidazole rings is 1. The van der Waals surface area contributed by atoms with Crippen LogP contribution in [0.15, 0.2) is 30.5 Å². The fraction of sp³-hybridized carbons (Fsp3) is 0.143. The average molecular weight is 308 g/mol. The Morgan fingerprint density at radius 1 is 1.14 bits per heavy atom. The van der Waals surface area contributed by atoms with Gasteiger partial charge < -0.3 is 9.47 Å². The third kappa shape index (κ3) is 2.38. The molecule has 7 heteroatoms. The summed E-state index contributed by atoms with van der Waals surface area (Å²) in [7, 11) is 3.05. The molecule has 0 bridgehead atoms. The van der Waals surface area contributed by atoms with E-state index in [2.05, 4.69) is 9.97 Å². The molecular weight excluding hydrogens is 297 g/mol. The van der Waals surface area contributed by atoms with Crippen LogP contribution in [0, 0.1) is 5.82 Å². The SMILES string of the molecule is COc1cc(OC)n2cc(-c3ccc(F)cc3Cl)nc2n1. The number of rotatable bonds is 3. The van der Waals surface area contributed by atoms with E-state index in [1.807, 2.05) is 0 Å². The van der Waals surface area contributed by atoms with E-state index in [0.717, 1.165) is 0 Å². The van der Waals surface area contributed by atoms with Crippen molar-refractivity contribution < 1.29 is 13.9 Å². The number of aromatic nitrogens is 3. The molecule has 0 aliphatic rings. The Morgan fingerprint density at radius 3 is 2.62 bits per heavy atom. The third-order valence-electron chi connectivity index (χ3n) is 3.01. The van der Waals surface area contributed by atoms with Crippen molar-refractivity contribution in [3.63, 3.8) is 0 Å². The van der Waals surface area contributed by atoms with Crippen LogP contribution in [0.2, 0.25) is 5.02 Å². The number of hydrogen-bond acceptors (Lipinski definition) is 4. The lowest BCUT2D eigenvalue weighted by Crippen LogP contribution is -1.97. The first-order chi connectivity index (χ1) is 10.1. The van der Waals surface area contributed by atoms with E-state index in [-0.39, 0.29) is 5.02 Å². The number of halogens is 2. The van der Waals surface area contributed by atoms with Gasteiger partial charge in [-0.25, -0.2) is 9.37 Å². The highest BCUT2D eigenvalue weighted by atomic mass is 35.5. The number of nitrogens with zero attached hydrogens (tertiary/aromatic N) is 3. The molecule has 0 N–H and O–H groups in total. The molecule has 1 aromatic carbocycles. The van der Waals surface area contributed by atoms with Crippen molar-refractivity contribution in [2.45, 2.75) is 0 Å². The minimum Gasteiger partial charge on any atom is -0.482 e. The van der Waals surface area contributed by atoms with Gasteiger partial charge in [-0.3, -0.25) is 4.40 Å². The Morgan fingerprint density at radius 2 is 1.95 bits per heavy atom. The molecule has 0 aliphatic carbocycles. The highest BCUT2D eigenvalue weighted by Crippen LogP contribution is 2.29. The summed E-state index contributed by atoms with van der Waals surface area (Å²) in [5.74, 6) is 0.919. The first-order valence-electron chi connectivity index (χ1n) is 6.06. The van der Waals surface area contributed by atoms with Crippen molar-refractivity contribution >= 4 is 17.4 Å². The van der Waals surface area contributed by atoms with E-state index in [0.29, 0.717) is 28.8 Å². The third-order valence-corrected chi connectivity index (χ3v) is 3.32. The standard InChI is InChI=1S/C14H11ClFN3O2/c1-20-12-6-13(21-2)19-7-11(17-14(19)18-12)9-4-3-8(16)5-10(9)15/h3-7H,1-2H3. The predicted octanol–water partition coefficient (Wildman–Crippen LogP) is 3.21. The van der Waals surface area contributed by atoms with Crippen molar-refractivity contribution in [1.82, 2.24) is 14.4 Å². The first-order valence-corrected chi connectivity index (χ1v) is 6.43. The molecule has 0 amide bonds. The smallest absolute Gasteiger partial charge is 0.240 e. The van der Waals surface area contributed by atoms with Crippen LogP contribution >= 0.6 is 11.6 Å². The summed E-state index contributed by atoms with van der Waals surface area (Å²) in [6.45, 7) is 0. The summed E-state index contributed by atoms with van der Waals surface area (Å²) in [5.41, 5.74) is 1.18. The van der Waals surface area contributed by atoms with Crippen molar-refractivity contribution in [3.05, 3.63) is 41.3 Å². The van der Waals surface area contributed by atoms with Gasteiger partial charge in [0, 0.05) is 11.8 Å². The molecule has 21 heavy (non-hydrogen) atoms. The Labute approximate surface area is 124 Å². The maximum Gasteiger partial charge on any atom is 0.240 e. The molecule has 2 aromatic heterocycles. The maximum atomic E-state index is 13.1. The largest absolute Gasteiger partial charge is 0.482 e. The van der Waals surface area contributed by atoms with Gasteiger partial charge in [-0.1, -0.05) is 11.6 Å². The summed E-state index contributed by atoms with van der Waals surface area (Å²) < 4.78 is 25.2. The molecule has 3 aromatic rings. The molecule has 0 saturated carbocycles. The summed E-state index contributed by atoms with van der Waals surface area (Å²) >= 11 is 6.06. The molecule has 0 fully saturated rings. The van der Waals surface area contributed by atoms with Crippen LogP contribution in [-0.2, 0) is 0 Å². The number of fused-ring (bicyclic) bond motifs is 1. The molecule has 0 saturated heterocycles. The quantitative estimate of drug-likeness (QED) is 0.745. The number of ether oxygens (including phenoxy) is 2. The van der Waals surface area contributed by atoms with Gasteiger partial charge in [-0.2, -0.15) is 4.98 Å². The Kier molecular flexibility index (Phi) is 3.39. The van der Waals surface area contributed by atoms with Crippen LogP contribution in [0.25, 0.3) is 17.0 Å². The fourth-order valence-corrected chi connectivity index (χ4v) is 2.27. The zero-order valence-corrected chi connectivity index (χ0v) is 12.1. The second-order valence-electron chi connectivity index (χ2n) is 4.26. The molecular formula is C14H11ClFN3O2. The Bertz CT molecular complexity index is 819. The summed E-state index contributed by atoms with van der Waals surface area (Å²) in [6.07, 6.45) is 1.72. The molecule has 3 rings (SSSR count). The summed E-state index contributed by atoms with van der Waals surface area (Å²) in [6, 6.07) is 5.79. The van der Waals surface area contributed by atoms with Gasteiger partial charge in [0.2, 0.25) is 17.5 Å². The van der Waals surface area contributed by atoms with Gasteiger partial charge in [0.05, 0.1) is 31.0 Å². The van der Waals surface area contributed by atoms with Crippen LogP contribution in [-0.4, -0.2) is 28.6 Å². The molecule has 0 spiro atoms. The molecule has 5 nitrogen and oxygen atoms in total. The molecule has 0 atom stereocenters. The van der Waals surface area contributed by atoms with Gasteiger partial charge in [0.1, 0.15) is 5.82 Å². The zero-order valence-electron chi connectivity index (χ0n) is 11.3. The van der Waals surface area contributed by atoms with E-state index in [4.69, 9.17) is 21.1 Å². The van der Waals surface area contributed by atoms with Gasteiger partial charge in [-0.15, -0.1) is 0 Å². The molecule has 108 valence electrons. The minimum atomic E-state index is -0.398. The van der Waals surface area contributed by atoms with Gasteiger partial charge in [0.15, 0.2) is 0 Å². The molecule has 0 aliphatic heterocycles. The maximum absolute atomic E-state index is 13.1. The van der Waals surface area contributed by atoms with Crippen molar-refractivity contribution in [3.8, 4) is 23.0 Å². The second kappa shape index (κ2) is 5.21. The molecule has 0 unspecified atom stereocenters. The normalized spacial score (nSPS) is 10.9. The highest BCUT2D eigenvalue weighted by molar-refractivity contribution is 6.33. The lowest BCUT2D eigenvalue weighted by molar-refractivity contribution is 0.369. The van der Waals surface area contributed by atoms with Crippen LogP contribution in [0.1, 0.15) is 0 Å². The van der Waals surface area contributed by atoms with Gasteiger partial charge >= 0.3 is 0 Å². The average Bonchev–Trinajstić information content (AvgIpc) is 2.89. The van der Waals surface area contributed by atoms with E-state index < -0.39 is 5.82 Å². The first kappa shape index (κ1) is 13.6. The van der Waals surface area contributed by atoms with Crippen molar-refractivity contribution in [2.75, 3.05) is 14.2 Å². The van der Waals surface area contributed by atoms with E-state index in [9.17, 15) is 4.39 Å². The van der Waals surface area contributed by atoms with Crippen molar-refractivity contribution in [2.24, 2.45) is 0 Å². The summed E-state index contributed by atoms with van der Waals surface area (Å²) in [5, 5.41) is 0.282. The number of hydrogen-bond donors (Lipinski definition) is 0. The van der Waals surface area contributed by atoms with E-state index in [1.165, 1.54) is 19.2 Å². The van der Waals surface area contributed by atoms with Crippen LogP contribution in [0.4, 0.5) is 4.39 Å². The highest BCUT2D eigenvalue weighted by Gasteiger charge is 2.13. The summed E-state index contributed by atoms with van der Waals surface area (Å²) in [4.78, 5) is 8.60. The Balaban J connectivity index is 2.20. The Hall–Kier alpha value is -2.34. The van der Waals surface area contributed by atoms with Gasteiger partial charge in [0.25, 0.3) is 0 Å². The van der Waals surface area contributed by atoms with Crippen molar-refractivity contribution in [1.29, 1.82) is 0 Å². The van der Waals surface area contributed by atoms with Gasteiger partial charge in [-0.05, 0) is 18.2 Å². The van der Waals surface area contributed by atoms with Crippen LogP contribution in [0.3, 0.4) is 0 Å². The van der Waals surface area contributed by atoms with Crippen LogP contribution in [0.5, 0.6) is 11.8 Å². The van der Waals surface area contributed by atoms with E-state index >= 15 is 0 Å². The van der Waals surface area contributed by atoms with Crippen LogP contribution < -0.4 is 9.47 Å². The fourth-order valence-electron chi connectivity index (χ4n) is 2.01. The lowest BCUT2D eigenvalue weighted by atomic mass is 10.2. The topological polar surface area (TPSA) is 48.7 Å². The number of methoxy groups -OCH3 is 2. The molecule has 2 heterocycles. The number of benzene rings is 1. The monoisotopic (exact) mass is 307 g/mol. The minimum absolute atomic E-state index is 0.282. The lowest BCUT2D eigenvalue weighted by Gasteiger charge is -2.04.